The van der Waals surface area contributed by atoms with Crippen molar-refractivity contribution in [2.24, 2.45) is 5.92 Å². The van der Waals surface area contributed by atoms with Gasteiger partial charge < -0.3 is 9.63 Å². The smallest absolute Gasteiger partial charge is 0.303 e. The van der Waals surface area contributed by atoms with E-state index in [0.29, 0.717) is 12.3 Å². The molecule has 1 aromatic heterocycles. The van der Waals surface area contributed by atoms with Gasteiger partial charge in [-0.05, 0) is 17.5 Å². The number of aromatic nitrogens is 2. The molecule has 2 rings (SSSR count). The molecule has 0 aliphatic heterocycles. The van der Waals surface area contributed by atoms with Gasteiger partial charge in [-0.25, -0.2) is 8.78 Å². The molecule has 0 spiro atoms. The lowest BCUT2D eigenvalue weighted by molar-refractivity contribution is -0.137. The lowest BCUT2D eigenvalue weighted by atomic mass is 10.0. The standard InChI is InChI=1S/C14H14F2N2O3/c1-8(5-14(19)20)4-13-17-12(18-21-13)6-9-2-3-10(15)7-11(9)16/h2-3,7-8H,4-6H2,1H3,(H,19,20). The lowest BCUT2D eigenvalue weighted by Gasteiger charge is -2.03. The Morgan fingerprint density at radius 2 is 2.19 bits per heavy atom. The van der Waals surface area contributed by atoms with Crippen LogP contribution in [0.4, 0.5) is 8.78 Å². The summed E-state index contributed by atoms with van der Waals surface area (Å²) in [5.74, 6) is -1.76. The predicted molar refractivity (Wildman–Crippen MR) is 68.6 cm³/mol. The fourth-order valence-corrected chi connectivity index (χ4v) is 1.95. The maximum absolute atomic E-state index is 13.5. The van der Waals surface area contributed by atoms with Crippen LogP contribution in [0.2, 0.25) is 0 Å². The zero-order valence-corrected chi connectivity index (χ0v) is 11.3. The molecule has 1 heterocycles. The molecule has 0 aliphatic carbocycles. The summed E-state index contributed by atoms with van der Waals surface area (Å²) in [6, 6.07) is 3.29. The molecule has 21 heavy (non-hydrogen) atoms. The minimum atomic E-state index is -0.893. The van der Waals surface area contributed by atoms with Crippen molar-refractivity contribution in [3.8, 4) is 0 Å². The summed E-state index contributed by atoms with van der Waals surface area (Å²) in [7, 11) is 0. The van der Waals surface area contributed by atoms with Crippen molar-refractivity contribution < 1.29 is 23.2 Å². The third kappa shape index (κ3) is 4.34. The Hall–Kier alpha value is -2.31. The van der Waals surface area contributed by atoms with E-state index in [9.17, 15) is 13.6 Å². The molecule has 0 radical (unpaired) electrons. The summed E-state index contributed by atoms with van der Waals surface area (Å²) in [4.78, 5) is 14.7. The van der Waals surface area contributed by atoms with Crippen molar-refractivity contribution >= 4 is 5.97 Å². The molecule has 0 saturated carbocycles. The Bertz CT molecular complexity index is 643. The number of carboxylic acids is 1. The third-order valence-electron chi connectivity index (χ3n) is 2.92. The SMILES string of the molecule is CC(CC(=O)O)Cc1nc(Cc2ccc(F)cc2F)no1. The van der Waals surface area contributed by atoms with E-state index in [1.165, 1.54) is 6.07 Å². The fourth-order valence-electron chi connectivity index (χ4n) is 1.95. The lowest BCUT2D eigenvalue weighted by Crippen LogP contribution is -2.07. The second kappa shape index (κ2) is 6.43. The van der Waals surface area contributed by atoms with Crippen molar-refractivity contribution in [1.82, 2.24) is 10.1 Å². The van der Waals surface area contributed by atoms with Gasteiger partial charge in [0.15, 0.2) is 5.82 Å². The molecule has 0 fully saturated rings. The van der Waals surface area contributed by atoms with Crippen LogP contribution in [0.1, 0.15) is 30.6 Å². The summed E-state index contributed by atoms with van der Waals surface area (Å²) in [6.07, 6.45) is 0.429. The molecule has 1 atom stereocenters. The highest BCUT2D eigenvalue weighted by Crippen LogP contribution is 2.15. The molecule has 0 bridgehead atoms. The molecule has 1 aromatic carbocycles. The van der Waals surface area contributed by atoms with Crippen LogP contribution in [0, 0.1) is 17.6 Å². The van der Waals surface area contributed by atoms with E-state index in [1.807, 2.05) is 0 Å². The first kappa shape index (κ1) is 15.1. The topological polar surface area (TPSA) is 76.2 Å². The van der Waals surface area contributed by atoms with Crippen molar-refractivity contribution in [2.45, 2.75) is 26.2 Å². The Labute approximate surface area is 119 Å². The van der Waals surface area contributed by atoms with E-state index in [1.54, 1.807) is 6.92 Å². The second-order valence-corrected chi connectivity index (χ2v) is 4.92. The quantitative estimate of drug-likeness (QED) is 0.886. The first-order valence-corrected chi connectivity index (χ1v) is 6.41. The largest absolute Gasteiger partial charge is 0.481 e. The number of benzene rings is 1. The number of hydrogen-bond donors (Lipinski definition) is 1. The van der Waals surface area contributed by atoms with Crippen LogP contribution in [0.15, 0.2) is 22.7 Å². The van der Waals surface area contributed by atoms with Gasteiger partial charge in [-0.1, -0.05) is 18.1 Å². The monoisotopic (exact) mass is 296 g/mol. The number of aliphatic carboxylic acids is 1. The highest BCUT2D eigenvalue weighted by molar-refractivity contribution is 5.66. The summed E-state index contributed by atoms with van der Waals surface area (Å²) >= 11 is 0. The number of hydrogen-bond acceptors (Lipinski definition) is 4. The molecule has 2 aromatic rings. The van der Waals surface area contributed by atoms with Crippen molar-refractivity contribution in [2.75, 3.05) is 0 Å². The van der Waals surface area contributed by atoms with E-state index in [4.69, 9.17) is 9.63 Å². The summed E-state index contributed by atoms with van der Waals surface area (Å²) in [5, 5.41) is 12.4. The Morgan fingerprint density at radius 1 is 1.43 bits per heavy atom. The van der Waals surface area contributed by atoms with Crippen LogP contribution in [0.25, 0.3) is 0 Å². The fraction of sp³-hybridized carbons (Fsp3) is 0.357. The first-order valence-electron chi connectivity index (χ1n) is 6.41. The number of rotatable bonds is 6. The number of carbonyl (C=O) groups is 1. The predicted octanol–water partition coefficient (Wildman–Crippen LogP) is 2.59. The average Bonchev–Trinajstić information content (AvgIpc) is 2.79. The van der Waals surface area contributed by atoms with E-state index >= 15 is 0 Å². The van der Waals surface area contributed by atoms with Gasteiger partial charge in [-0.2, -0.15) is 4.98 Å². The van der Waals surface area contributed by atoms with Crippen LogP contribution in [-0.4, -0.2) is 21.2 Å². The van der Waals surface area contributed by atoms with Crippen molar-refractivity contribution in [1.29, 1.82) is 0 Å². The van der Waals surface area contributed by atoms with Crippen molar-refractivity contribution in [3.05, 3.63) is 47.1 Å². The molecule has 1 unspecified atom stereocenters. The van der Waals surface area contributed by atoms with Crippen LogP contribution in [0.3, 0.4) is 0 Å². The minimum absolute atomic E-state index is 0.00427. The average molecular weight is 296 g/mol. The molecule has 0 aliphatic rings. The summed E-state index contributed by atoms with van der Waals surface area (Å²) in [6.45, 7) is 1.76. The maximum Gasteiger partial charge on any atom is 0.303 e. The van der Waals surface area contributed by atoms with Crippen LogP contribution >= 0.6 is 0 Å². The van der Waals surface area contributed by atoms with Gasteiger partial charge in [0, 0.05) is 25.3 Å². The van der Waals surface area contributed by atoms with E-state index in [0.717, 1.165) is 12.1 Å². The van der Waals surface area contributed by atoms with Crippen molar-refractivity contribution in [3.63, 3.8) is 0 Å². The molecule has 7 heteroatoms. The number of halogens is 2. The summed E-state index contributed by atoms with van der Waals surface area (Å²) < 4.78 is 31.3. The summed E-state index contributed by atoms with van der Waals surface area (Å²) in [5.41, 5.74) is 0.266. The molecule has 1 N–H and O–H groups in total. The highest BCUT2D eigenvalue weighted by Gasteiger charge is 2.15. The third-order valence-corrected chi connectivity index (χ3v) is 2.92. The van der Waals surface area contributed by atoms with Gasteiger partial charge in [0.05, 0.1) is 0 Å². The van der Waals surface area contributed by atoms with Crippen LogP contribution < -0.4 is 0 Å². The molecule has 0 saturated heterocycles. The zero-order valence-electron chi connectivity index (χ0n) is 11.3. The van der Waals surface area contributed by atoms with Gasteiger partial charge in [0.25, 0.3) is 0 Å². The Kier molecular flexibility index (Phi) is 4.62. The van der Waals surface area contributed by atoms with Gasteiger partial charge in [0.1, 0.15) is 11.6 Å². The molecule has 0 amide bonds. The van der Waals surface area contributed by atoms with E-state index in [-0.39, 0.29) is 30.1 Å². The van der Waals surface area contributed by atoms with Gasteiger partial charge in [-0.15, -0.1) is 0 Å². The van der Waals surface area contributed by atoms with Gasteiger partial charge in [0.2, 0.25) is 5.89 Å². The zero-order chi connectivity index (χ0) is 15.4. The Morgan fingerprint density at radius 3 is 2.86 bits per heavy atom. The normalized spacial score (nSPS) is 12.3. The van der Waals surface area contributed by atoms with Crippen LogP contribution in [0.5, 0.6) is 0 Å². The molecular weight excluding hydrogens is 282 g/mol. The van der Waals surface area contributed by atoms with E-state index in [2.05, 4.69) is 10.1 Å². The maximum atomic E-state index is 13.5. The van der Waals surface area contributed by atoms with Gasteiger partial charge >= 0.3 is 5.97 Å². The number of carboxylic acid groups (broad SMARTS) is 1. The van der Waals surface area contributed by atoms with Gasteiger partial charge in [-0.3, -0.25) is 4.79 Å². The number of nitrogens with zero attached hydrogens (tertiary/aromatic N) is 2. The molecule has 5 nitrogen and oxygen atoms in total. The van der Waals surface area contributed by atoms with E-state index < -0.39 is 17.6 Å². The molecular formula is C14H14F2N2O3. The first-order chi connectivity index (χ1) is 9.94. The second-order valence-electron chi connectivity index (χ2n) is 4.92. The Balaban J connectivity index is 2.01. The van der Waals surface area contributed by atoms with Crippen LogP contribution in [-0.2, 0) is 17.6 Å². The minimum Gasteiger partial charge on any atom is -0.481 e. The molecule has 112 valence electrons. The highest BCUT2D eigenvalue weighted by atomic mass is 19.1.